The zero-order chi connectivity index (χ0) is 28.1. The van der Waals surface area contributed by atoms with Gasteiger partial charge in [0.05, 0.1) is 20.3 Å². The van der Waals surface area contributed by atoms with Crippen molar-refractivity contribution < 1.29 is 28.5 Å². The number of rotatable bonds is 10. The second kappa shape index (κ2) is 11.8. The number of fused-ring (bicyclic) bond motifs is 3. The van der Waals surface area contributed by atoms with Crippen LogP contribution >= 0.6 is 0 Å². The Morgan fingerprint density at radius 1 is 0.825 bits per heavy atom. The van der Waals surface area contributed by atoms with Gasteiger partial charge >= 0.3 is 6.09 Å². The maximum atomic E-state index is 13.3. The molecule has 0 aromatic heterocycles. The molecule has 4 aromatic rings. The maximum absolute atomic E-state index is 13.3. The van der Waals surface area contributed by atoms with Crippen molar-refractivity contribution in [1.29, 1.82) is 0 Å². The van der Waals surface area contributed by atoms with Crippen molar-refractivity contribution >= 4 is 12.0 Å². The Bertz CT molecular complexity index is 1470. The average Bonchev–Trinajstić information content (AvgIpc) is 3.31. The first-order valence-electron chi connectivity index (χ1n) is 12.8. The molecule has 8 nitrogen and oxygen atoms in total. The van der Waals surface area contributed by atoms with Crippen molar-refractivity contribution in [3.8, 4) is 28.4 Å². The molecule has 1 unspecified atom stereocenters. The SMILES string of the molecule is COc1ccc(C(NC(=O)OCC2c3ccccc3-c3ccccc32)c2ccc(OCC(N)=O)cc2)c(OC)c1. The number of carbonyl (C=O) groups excluding carboxylic acids is 2. The monoisotopic (exact) mass is 538 g/mol. The standard InChI is InChI=1S/C32H30N2O6/c1-37-22-15-16-27(29(17-22)38-2)31(20-11-13-21(14-12-20)39-19-30(33)35)34-32(36)40-18-28-25-9-5-3-7-23(25)24-8-4-6-10-26(24)28/h3-17,28,31H,18-19H2,1-2H3,(H2,33,35)(H,34,36). The Kier molecular flexibility index (Phi) is 7.87. The van der Waals surface area contributed by atoms with Crippen LogP contribution in [-0.2, 0) is 9.53 Å². The van der Waals surface area contributed by atoms with Gasteiger partial charge < -0.3 is 30.0 Å². The quantitative estimate of drug-likeness (QED) is 0.287. The topological polar surface area (TPSA) is 109 Å². The summed E-state index contributed by atoms with van der Waals surface area (Å²) >= 11 is 0. The smallest absolute Gasteiger partial charge is 0.407 e. The predicted molar refractivity (Wildman–Crippen MR) is 151 cm³/mol. The minimum absolute atomic E-state index is 0.0613. The third kappa shape index (κ3) is 5.56. The molecule has 0 saturated heterocycles. The van der Waals surface area contributed by atoms with Crippen LogP contribution in [0.1, 0.15) is 34.2 Å². The fourth-order valence-corrected chi connectivity index (χ4v) is 5.07. The fraction of sp³-hybridized carbons (Fsp3) is 0.188. The van der Waals surface area contributed by atoms with Crippen molar-refractivity contribution in [1.82, 2.24) is 5.32 Å². The third-order valence-corrected chi connectivity index (χ3v) is 6.95. The third-order valence-electron chi connectivity index (χ3n) is 6.95. The Morgan fingerprint density at radius 2 is 1.45 bits per heavy atom. The van der Waals surface area contributed by atoms with Crippen molar-refractivity contribution in [2.75, 3.05) is 27.4 Å². The van der Waals surface area contributed by atoms with E-state index in [0.717, 1.165) is 27.8 Å². The van der Waals surface area contributed by atoms with Gasteiger partial charge in [-0.3, -0.25) is 4.79 Å². The molecule has 204 valence electrons. The van der Waals surface area contributed by atoms with Gasteiger partial charge in [0.15, 0.2) is 6.61 Å². The summed E-state index contributed by atoms with van der Waals surface area (Å²) in [5, 5.41) is 3.01. The Morgan fingerprint density at radius 3 is 2.05 bits per heavy atom. The molecule has 40 heavy (non-hydrogen) atoms. The van der Waals surface area contributed by atoms with E-state index in [4.69, 9.17) is 24.7 Å². The average molecular weight is 539 g/mol. The number of methoxy groups -OCH3 is 2. The van der Waals surface area contributed by atoms with Gasteiger partial charge in [-0.05, 0) is 52.1 Å². The van der Waals surface area contributed by atoms with Crippen molar-refractivity contribution in [3.63, 3.8) is 0 Å². The lowest BCUT2D eigenvalue weighted by molar-refractivity contribution is -0.119. The number of nitrogens with two attached hydrogens (primary N) is 1. The molecule has 3 N–H and O–H groups in total. The largest absolute Gasteiger partial charge is 0.497 e. The molecular formula is C32H30N2O6. The molecule has 0 aliphatic heterocycles. The summed E-state index contributed by atoms with van der Waals surface area (Å²) in [6, 6.07) is 28.2. The van der Waals surface area contributed by atoms with E-state index in [-0.39, 0.29) is 19.1 Å². The molecule has 1 atom stereocenters. The highest BCUT2D eigenvalue weighted by Crippen LogP contribution is 2.44. The van der Waals surface area contributed by atoms with Crippen LogP contribution < -0.4 is 25.3 Å². The van der Waals surface area contributed by atoms with Gasteiger partial charge in [-0.2, -0.15) is 0 Å². The van der Waals surface area contributed by atoms with Crippen LogP contribution in [0.5, 0.6) is 17.2 Å². The molecule has 2 amide bonds. The first-order chi connectivity index (χ1) is 19.5. The highest BCUT2D eigenvalue weighted by molar-refractivity contribution is 5.79. The lowest BCUT2D eigenvalue weighted by atomic mass is 9.97. The van der Waals surface area contributed by atoms with Crippen LogP contribution in [0, 0.1) is 0 Å². The van der Waals surface area contributed by atoms with Crippen molar-refractivity contribution in [3.05, 3.63) is 113 Å². The van der Waals surface area contributed by atoms with Crippen LogP contribution in [-0.4, -0.2) is 39.4 Å². The minimum Gasteiger partial charge on any atom is -0.497 e. The molecule has 0 fully saturated rings. The summed E-state index contributed by atoms with van der Waals surface area (Å²) in [7, 11) is 3.13. The van der Waals surface area contributed by atoms with Crippen LogP contribution in [0.3, 0.4) is 0 Å². The van der Waals surface area contributed by atoms with Crippen LogP contribution in [0.4, 0.5) is 4.79 Å². The van der Waals surface area contributed by atoms with E-state index in [9.17, 15) is 9.59 Å². The summed E-state index contributed by atoms with van der Waals surface area (Å²) < 4.78 is 22.2. The zero-order valence-electron chi connectivity index (χ0n) is 22.3. The second-order valence-electron chi connectivity index (χ2n) is 9.33. The number of benzene rings is 4. The van der Waals surface area contributed by atoms with E-state index < -0.39 is 18.0 Å². The molecule has 4 aromatic carbocycles. The second-order valence-corrected chi connectivity index (χ2v) is 9.33. The highest BCUT2D eigenvalue weighted by Gasteiger charge is 2.30. The molecule has 1 aliphatic rings. The number of nitrogens with one attached hydrogen (secondary N) is 1. The van der Waals surface area contributed by atoms with Crippen LogP contribution in [0.25, 0.3) is 11.1 Å². The zero-order valence-corrected chi connectivity index (χ0v) is 22.3. The fourth-order valence-electron chi connectivity index (χ4n) is 5.07. The van der Waals surface area contributed by atoms with E-state index in [2.05, 4.69) is 29.6 Å². The summed E-state index contributed by atoms with van der Waals surface area (Å²) in [4.78, 5) is 24.4. The van der Waals surface area contributed by atoms with E-state index in [1.807, 2.05) is 30.3 Å². The Labute approximate surface area is 232 Å². The number of carbonyl (C=O) groups is 2. The van der Waals surface area contributed by atoms with Gasteiger partial charge in [0.1, 0.15) is 23.9 Å². The van der Waals surface area contributed by atoms with Gasteiger partial charge in [-0.25, -0.2) is 4.79 Å². The first-order valence-corrected chi connectivity index (χ1v) is 12.8. The molecule has 0 spiro atoms. The molecule has 0 saturated carbocycles. The molecule has 5 rings (SSSR count). The van der Waals surface area contributed by atoms with Crippen molar-refractivity contribution in [2.24, 2.45) is 5.73 Å². The van der Waals surface area contributed by atoms with Crippen molar-refractivity contribution in [2.45, 2.75) is 12.0 Å². The molecule has 0 radical (unpaired) electrons. The molecule has 8 heteroatoms. The highest BCUT2D eigenvalue weighted by atomic mass is 16.5. The maximum Gasteiger partial charge on any atom is 0.407 e. The van der Waals surface area contributed by atoms with Gasteiger partial charge in [0.25, 0.3) is 5.91 Å². The molecule has 0 bridgehead atoms. The number of hydrogen-bond donors (Lipinski definition) is 2. The van der Waals surface area contributed by atoms with Crippen LogP contribution in [0.15, 0.2) is 91.0 Å². The van der Waals surface area contributed by atoms with E-state index in [0.29, 0.717) is 22.8 Å². The summed E-state index contributed by atoms with van der Waals surface area (Å²) in [5.74, 6) is 1.01. The number of primary amides is 1. The number of ether oxygens (including phenoxy) is 4. The number of alkyl carbamates (subject to hydrolysis) is 1. The Balaban J connectivity index is 1.38. The summed E-state index contributed by atoms with van der Waals surface area (Å²) in [6.07, 6.45) is -0.571. The van der Waals surface area contributed by atoms with Gasteiger partial charge in [-0.15, -0.1) is 0 Å². The molecule has 1 aliphatic carbocycles. The normalized spacial score (nSPS) is 12.6. The van der Waals surface area contributed by atoms with Crippen LogP contribution in [0.2, 0.25) is 0 Å². The lowest BCUT2D eigenvalue weighted by Crippen LogP contribution is -2.31. The van der Waals surface area contributed by atoms with Gasteiger partial charge in [-0.1, -0.05) is 60.7 Å². The van der Waals surface area contributed by atoms with E-state index in [1.54, 1.807) is 50.6 Å². The number of hydrogen-bond acceptors (Lipinski definition) is 6. The minimum atomic E-state index is -0.610. The Hall–Kier alpha value is -4.98. The predicted octanol–water partition coefficient (Wildman–Crippen LogP) is 5.20. The first kappa shape index (κ1) is 26.6. The lowest BCUT2D eigenvalue weighted by Gasteiger charge is -2.23. The summed E-state index contributed by atoms with van der Waals surface area (Å²) in [5.41, 5.74) is 11.2. The molecular weight excluding hydrogens is 508 g/mol. The van der Waals surface area contributed by atoms with Gasteiger partial charge in [0, 0.05) is 17.5 Å². The van der Waals surface area contributed by atoms with Gasteiger partial charge in [0.2, 0.25) is 0 Å². The number of amides is 2. The van der Waals surface area contributed by atoms with E-state index >= 15 is 0 Å². The molecule has 0 heterocycles. The van der Waals surface area contributed by atoms with E-state index in [1.165, 1.54) is 0 Å². The summed E-state index contributed by atoms with van der Waals surface area (Å²) in [6.45, 7) is -0.0424.